The summed E-state index contributed by atoms with van der Waals surface area (Å²) in [7, 11) is 0. The summed E-state index contributed by atoms with van der Waals surface area (Å²) < 4.78 is 0. The summed E-state index contributed by atoms with van der Waals surface area (Å²) in [5.74, 6) is 0. The molecule has 0 aliphatic carbocycles. The molecule has 1 nitrogen and oxygen atoms in total. The zero-order valence-corrected chi connectivity index (χ0v) is 12.4. The van der Waals surface area contributed by atoms with Crippen molar-refractivity contribution in [2.45, 2.75) is 26.8 Å². The zero-order valence-electron chi connectivity index (χ0n) is 10.8. The van der Waals surface area contributed by atoms with E-state index in [9.17, 15) is 0 Å². The Morgan fingerprint density at radius 3 is 2.67 bits per heavy atom. The molecule has 0 saturated carbocycles. The highest BCUT2D eigenvalue weighted by Gasteiger charge is 2.06. The van der Waals surface area contributed by atoms with Gasteiger partial charge in [0.15, 0.2) is 0 Å². The molecule has 1 N–H and O–H groups in total. The molecule has 0 amide bonds. The molecule has 1 heterocycles. The van der Waals surface area contributed by atoms with Gasteiger partial charge in [0.2, 0.25) is 0 Å². The number of halogens is 1. The highest BCUT2D eigenvalue weighted by molar-refractivity contribution is 7.15. The molecule has 0 unspecified atom stereocenters. The molecule has 0 spiro atoms. The Hall–Kier alpha value is -0.830. The van der Waals surface area contributed by atoms with Crippen LogP contribution in [-0.4, -0.2) is 6.54 Å². The summed E-state index contributed by atoms with van der Waals surface area (Å²) in [5.41, 5.74) is 2.37. The van der Waals surface area contributed by atoms with Gasteiger partial charge in [-0.2, -0.15) is 0 Å². The van der Waals surface area contributed by atoms with Crippen LogP contribution in [0.25, 0.3) is 10.4 Å². The van der Waals surface area contributed by atoms with Gasteiger partial charge < -0.3 is 5.32 Å². The third-order valence-corrected chi connectivity index (χ3v) is 4.14. The lowest BCUT2D eigenvalue weighted by atomic mass is 10.1. The Labute approximate surface area is 118 Å². The zero-order chi connectivity index (χ0) is 13.0. The molecule has 0 radical (unpaired) electrons. The molecule has 0 fully saturated rings. The maximum Gasteiger partial charge on any atom is 0.0495 e. The summed E-state index contributed by atoms with van der Waals surface area (Å²) in [6, 6.07) is 10.6. The van der Waals surface area contributed by atoms with E-state index in [1.807, 2.05) is 0 Å². The van der Waals surface area contributed by atoms with Gasteiger partial charge in [-0.15, -0.1) is 11.3 Å². The third kappa shape index (κ3) is 3.35. The largest absolute Gasteiger partial charge is 0.313 e. The average Bonchev–Trinajstić information content (AvgIpc) is 2.76. The number of benzene rings is 1. The molecule has 3 heteroatoms. The second-order valence-electron chi connectivity index (χ2n) is 4.40. The smallest absolute Gasteiger partial charge is 0.0495 e. The Kier molecular flexibility index (Phi) is 4.81. The molecule has 2 rings (SSSR count). The van der Waals surface area contributed by atoms with Gasteiger partial charge in [-0.05, 0) is 43.7 Å². The van der Waals surface area contributed by atoms with Gasteiger partial charge in [-0.3, -0.25) is 0 Å². The van der Waals surface area contributed by atoms with Gasteiger partial charge in [-0.25, -0.2) is 0 Å². The van der Waals surface area contributed by atoms with Crippen molar-refractivity contribution < 1.29 is 0 Å². The average molecular weight is 280 g/mol. The van der Waals surface area contributed by atoms with Crippen molar-refractivity contribution in [1.29, 1.82) is 0 Å². The van der Waals surface area contributed by atoms with Crippen molar-refractivity contribution in [3.63, 3.8) is 0 Å². The van der Waals surface area contributed by atoms with E-state index < -0.39 is 0 Å². The van der Waals surface area contributed by atoms with Crippen LogP contribution >= 0.6 is 22.9 Å². The number of hydrogen-bond acceptors (Lipinski definition) is 2. The molecule has 18 heavy (non-hydrogen) atoms. The standard InChI is InChI=1S/C15H18ClNS/c1-3-8-17-10-12-5-6-13(14(16)9-12)15-7-4-11(2)18-15/h4-7,9,17H,3,8,10H2,1-2H3. The van der Waals surface area contributed by atoms with E-state index in [2.05, 4.69) is 49.5 Å². The molecule has 1 aromatic carbocycles. The SMILES string of the molecule is CCCNCc1ccc(-c2ccc(C)s2)c(Cl)c1. The maximum absolute atomic E-state index is 6.36. The first-order valence-corrected chi connectivity index (χ1v) is 7.46. The van der Waals surface area contributed by atoms with Crippen LogP contribution in [0.3, 0.4) is 0 Å². The van der Waals surface area contributed by atoms with Crippen LogP contribution in [0.4, 0.5) is 0 Å². The van der Waals surface area contributed by atoms with Crippen LogP contribution in [0.2, 0.25) is 5.02 Å². The Morgan fingerprint density at radius 1 is 1.22 bits per heavy atom. The van der Waals surface area contributed by atoms with E-state index in [1.165, 1.54) is 15.3 Å². The molecule has 0 aliphatic rings. The highest BCUT2D eigenvalue weighted by Crippen LogP contribution is 2.33. The molecule has 0 saturated heterocycles. The van der Waals surface area contributed by atoms with Gasteiger partial charge in [0.05, 0.1) is 0 Å². The fourth-order valence-electron chi connectivity index (χ4n) is 1.86. The van der Waals surface area contributed by atoms with Gasteiger partial charge in [0, 0.05) is 26.9 Å². The van der Waals surface area contributed by atoms with E-state index >= 15 is 0 Å². The molecule has 2 aromatic rings. The number of nitrogens with one attached hydrogen (secondary N) is 1. The van der Waals surface area contributed by atoms with Crippen LogP contribution in [0.5, 0.6) is 0 Å². The third-order valence-electron chi connectivity index (χ3n) is 2.80. The van der Waals surface area contributed by atoms with E-state index in [0.29, 0.717) is 0 Å². The quantitative estimate of drug-likeness (QED) is 0.770. The fourth-order valence-corrected chi connectivity index (χ4v) is 3.13. The second-order valence-corrected chi connectivity index (χ2v) is 6.10. The van der Waals surface area contributed by atoms with Crippen molar-refractivity contribution in [1.82, 2.24) is 5.32 Å². The molecule has 1 aromatic heterocycles. The first kappa shape index (κ1) is 13.6. The minimum atomic E-state index is 0.840. The van der Waals surface area contributed by atoms with E-state index in [4.69, 9.17) is 11.6 Å². The van der Waals surface area contributed by atoms with Gasteiger partial charge >= 0.3 is 0 Å². The Bertz CT molecular complexity index is 519. The van der Waals surface area contributed by atoms with E-state index in [0.717, 1.165) is 30.1 Å². The minimum Gasteiger partial charge on any atom is -0.313 e. The minimum absolute atomic E-state index is 0.840. The number of thiophene rings is 1. The van der Waals surface area contributed by atoms with E-state index in [1.54, 1.807) is 11.3 Å². The van der Waals surface area contributed by atoms with Crippen molar-refractivity contribution in [3.05, 3.63) is 45.8 Å². The Balaban J connectivity index is 2.15. The Morgan fingerprint density at radius 2 is 2.06 bits per heavy atom. The summed E-state index contributed by atoms with van der Waals surface area (Å²) in [6.07, 6.45) is 1.15. The second kappa shape index (κ2) is 6.37. The molecule has 0 bridgehead atoms. The van der Waals surface area contributed by atoms with Crippen LogP contribution in [0, 0.1) is 6.92 Å². The normalized spacial score (nSPS) is 10.8. The lowest BCUT2D eigenvalue weighted by molar-refractivity contribution is 0.675. The van der Waals surface area contributed by atoms with Crippen LogP contribution in [-0.2, 0) is 6.54 Å². The lowest BCUT2D eigenvalue weighted by Crippen LogP contribution is -2.13. The maximum atomic E-state index is 6.36. The number of aryl methyl sites for hydroxylation is 1. The summed E-state index contributed by atoms with van der Waals surface area (Å²) >= 11 is 8.15. The number of hydrogen-bond donors (Lipinski definition) is 1. The molecular formula is C15H18ClNS. The molecule has 0 atom stereocenters. The monoisotopic (exact) mass is 279 g/mol. The number of rotatable bonds is 5. The first-order valence-electron chi connectivity index (χ1n) is 6.26. The fraction of sp³-hybridized carbons (Fsp3) is 0.333. The predicted molar refractivity (Wildman–Crippen MR) is 81.5 cm³/mol. The van der Waals surface area contributed by atoms with Crippen molar-refractivity contribution >= 4 is 22.9 Å². The topological polar surface area (TPSA) is 12.0 Å². The first-order chi connectivity index (χ1) is 8.70. The van der Waals surface area contributed by atoms with Crippen molar-refractivity contribution in [2.24, 2.45) is 0 Å². The lowest BCUT2D eigenvalue weighted by Gasteiger charge is -2.07. The highest BCUT2D eigenvalue weighted by atomic mass is 35.5. The predicted octanol–water partition coefficient (Wildman–Crippen LogP) is 4.88. The molecule has 0 aliphatic heterocycles. The van der Waals surface area contributed by atoms with Crippen LogP contribution in [0.1, 0.15) is 23.8 Å². The van der Waals surface area contributed by atoms with Gasteiger partial charge in [0.1, 0.15) is 0 Å². The van der Waals surface area contributed by atoms with Crippen molar-refractivity contribution in [2.75, 3.05) is 6.54 Å². The van der Waals surface area contributed by atoms with E-state index in [-0.39, 0.29) is 0 Å². The van der Waals surface area contributed by atoms with Crippen molar-refractivity contribution in [3.8, 4) is 10.4 Å². The molecular weight excluding hydrogens is 262 g/mol. The summed E-state index contributed by atoms with van der Waals surface area (Å²) in [6.45, 7) is 6.22. The van der Waals surface area contributed by atoms with Crippen LogP contribution in [0.15, 0.2) is 30.3 Å². The summed E-state index contributed by atoms with van der Waals surface area (Å²) in [5, 5.41) is 4.23. The van der Waals surface area contributed by atoms with Gasteiger partial charge in [0.25, 0.3) is 0 Å². The van der Waals surface area contributed by atoms with Crippen LogP contribution < -0.4 is 5.32 Å². The summed E-state index contributed by atoms with van der Waals surface area (Å²) in [4.78, 5) is 2.56. The molecule has 96 valence electrons. The van der Waals surface area contributed by atoms with Gasteiger partial charge in [-0.1, -0.05) is 30.7 Å².